The summed E-state index contributed by atoms with van der Waals surface area (Å²) in [7, 11) is 0. The van der Waals surface area contributed by atoms with Crippen molar-refractivity contribution < 1.29 is 19.5 Å². The highest BCUT2D eigenvalue weighted by molar-refractivity contribution is 7.98. The Balaban J connectivity index is 1.23. The molecule has 1 fully saturated rings. The molecule has 10 nitrogen and oxygen atoms in total. The quantitative estimate of drug-likeness (QED) is 0.268. The van der Waals surface area contributed by atoms with Gasteiger partial charge in [-0.15, -0.1) is 0 Å². The van der Waals surface area contributed by atoms with E-state index < -0.39 is 24.5 Å². The van der Waals surface area contributed by atoms with Gasteiger partial charge in [0.25, 0.3) is 0 Å². The molecule has 0 amide bonds. The van der Waals surface area contributed by atoms with Gasteiger partial charge < -0.3 is 29.8 Å². The molecule has 1 aliphatic heterocycles. The van der Waals surface area contributed by atoms with Gasteiger partial charge in [-0.05, 0) is 24.6 Å². The molecule has 0 unspecified atom stereocenters. The van der Waals surface area contributed by atoms with Crippen LogP contribution in [-0.4, -0.2) is 54.0 Å². The molecule has 202 valence electrons. The number of aliphatic hydroxyl groups excluding tert-OH is 2. The van der Waals surface area contributed by atoms with Crippen LogP contribution in [0.2, 0.25) is 0 Å². The maximum absolute atomic E-state index is 11.0. The number of nitrogens with two attached hydrogens (primary N) is 1. The second-order valence-electron chi connectivity index (χ2n) is 9.60. The lowest BCUT2D eigenvalue weighted by Crippen LogP contribution is -2.32. The normalized spacial score (nSPS) is 20.6. The summed E-state index contributed by atoms with van der Waals surface area (Å²) in [6.07, 6.45) is -0.664. The van der Waals surface area contributed by atoms with Crippen molar-refractivity contribution in [2.75, 3.05) is 11.5 Å². The van der Waals surface area contributed by atoms with E-state index in [1.54, 1.807) is 34.7 Å². The molecule has 11 heteroatoms. The van der Waals surface area contributed by atoms with Gasteiger partial charge in [-0.1, -0.05) is 47.6 Å². The summed E-state index contributed by atoms with van der Waals surface area (Å²) in [6.45, 7) is 1.91. The third-order valence-electron chi connectivity index (χ3n) is 7.12. The smallest absolute Gasteiger partial charge is 0.171 e. The number of thioether (sulfide) groups is 1. The molecule has 2 aromatic carbocycles. The molecular formula is C29H26N6O4S. The Morgan fingerprint density at radius 3 is 2.58 bits per heavy atom. The molecule has 3 aromatic heterocycles. The number of rotatable bonds is 7. The summed E-state index contributed by atoms with van der Waals surface area (Å²) < 4.78 is 13.5. The van der Waals surface area contributed by atoms with E-state index in [1.165, 1.54) is 6.33 Å². The Labute approximate surface area is 234 Å². The Kier molecular flexibility index (Phi) is 7.00. The Morgan fingerprint density at radius 1 is 1.05 bits per heavy atom. The molecule has 1 aliphatic rings. The van der Waals surface area contributed by atoms with Gasteiger partial charge in [-0.25, -0.2) is 9.97 Å². The van der Waals surface area contributed by atoms with Crippen molar-refractivity contribution in [3.8, 4) is 28.5 Å². The summed E-state index contributed by atoms with van der Waals surface area (Å²) in [4.78, 5) is 8.57. The highest BCUT2D eigenvalue weighted by Gasteiger charge is 2.44. The highest BCUT2D eigenvalue weighted by atomic mass is 32.2. The number of aromatic nitrogens is 4. The van der Waals surface area contributed by atoms with E-state index in [9.17, 15) is 10.2 Å². The molecule has 0 bridgehead atoms. The molecule has 1 saturated heterocycles. The van der Waals surface area contributed by atoms with Gasteiger partial charge in [0, 0.05) is 34.4 Å². The second-order valence-corrected chi connectivity index (χ2v) is 10.6. The van der Waals surface area contributed by atoms with Crippen molar-refractivity contribution in [3.05, 3.63) is 83.9 Å². The number of nitriles is 1. The average Bonchev–Trinajstić information content (AvgIpc) is 3.64. The number of ether oxygens (including phenoxy) is 1. The lowest BCUT2D eigenvalue weighted by Gasteiger charge is -2.17. The second kappa shape index (κ2) is 10.7. The standard InChI is InChI=1S/C29H26N6O4S/c1-16-21(26(39-34-16)19-5-3-2-4-6-19)13-40-14-22-24(36)25(37)29(38-22)35-12-20(18-9-7-17(11-30)8-10-18)23-27(31)32-15-33-28(23)35/h2-10,12,15,22,24-25,29,36-37H,13-14H2,1H3,(H2,31,32,33)/t22-,24-,25-,29-/m1/s1. The predicted octanol–water partition coefficient (Wildman–Crippen LogP) is 4.07. The van der Waals surface area contributed by atoms with E-state index in [-0.39, 0.29) is 5.82 Å². The number of hydrogen-bond acceptors (Lipinski definition) is 10. The van der Waals surface area contributed by atoms with E-state index in [2.05, 4.69) is 21.2 Å². The van der Waals surface area contributed by atoms with Gasteiger partial charge in [-0.3, -0.25) is 0 Å². The molecule has 5 aromatic rings. The van der Waals surface area contributed by atoms with Crippen LogP contribution in [0.5, 0.6) is 0 Å². The number of hydrogen-bond donors (Lipinski definition) is 3. The average molecular weight is 555 g/mol. The Bertz CT molecular complexity index is 1700. The Morgan fingerprint density at radius 2 is 1.82 bits per heavy atom. The van der Waals surface area contributed by atoms with Crippen LogP contribution < -0.4 is 5.73 Å². The van der Waals surface area contributed by atoms with Crippen molar-refractivity contribution in [1.82, 2.24) is 19.7 Å². The van der Waals surface area contributed by atoms with E-state index in [0.29, 0.717) is 28.1 Å². The van der Waals surface area contributed by atoms with Crippen molar-refractivity contribution in [2.24, 2.45) is 0 Å². The Hall–Kier alpha value is -4.21. The third kappa shape index (κ3) is 4.61. The lowest BCUT2D eigenvalue weighted by atomic mass is 10.0. The zero-order chi connectivity index (χ0) is 27.8. The molecule has 40 heavy (non-hydrogen) atoms. The van der Waals surface area contributed by atoms with E-state index >= 15 is 0 Å². The minimum Gasteiger partial charge on any atom is -0.387 e. The fraction of sp³-hybridized carbons (Fsp3) is 0.241. The fourth-order valence-electron chi connectivity index (χ4n) is 4.99. The first-order valence-corrected chi connectivity index (χ1v) is 13.8. The highest BCUT2D eigenvalue weighted by Crippen LogP contribution is 2.39. The van der Waals surface area contributed by atoms with Crippen LogP contribution in [0.3, 0.4) is 0 Å². The van der Waals surface area contributed by atoms with Gasteiger partial charge in [0.1, 0.15) is 30.0 Å². The molecule has 0 spiro atoms. The van der Waals surface area contributed by atoms with Crippen LogP contribution in [-0.2, 0) is 10.5 Å². The fourth-order valence-corrected chi connectivity index (χ4v) is 6.16. The van der Waals surface area contributed by atoms with E-state index in [1.807, 2.05) is 49.4 Å². The van der Waals surface area contributed by atoms with Crippen LogP contribution in [0.25, 0.3) is 33.5 Å². The maximum atomic E-state index is 11.0. The molecule has 4 atom stereocenters. The maximum Gasteiger partial charge on any atom is 0.171 e. The summed E-state index contributed by atoms with van der Waals surface area (Å²) in [5.41, 5.74) is 11.5. The summed E-state index contributed by atoms with van der Waals surface area (Å²) in [6, 6.07) is 19.0. The minimum atomic E-state index is -1.19. The predicted molar refractivity (Wildman–Crippen MR) is 151 cm³/mol. The molecule has 0 saturated carbocycles. The van der Waals surface area contributed by atoms with Crippen molar-refractivity contribution >= 4 is 28.6 Å². The molecule has 0 aliphatic carbocycles. The van der Waals surface area contributed by atoms with Gasteiger partial charge in [-0.2, -0.15) is 17.0 Å². The van der Waals surface area contributed by atoms with Crippen molar-refractivity contribution in [2.45, 2.75) is 37.2 Å². The van der Waals surface area contributed by atoms with E-state index in [0.717, 1.165) is 33.7 Å². The van der Waals surface area contributed by atoms with Gasteiger partial charge in [0.2, 0.25) is 0 Å². The number of nitrogens with zero attached hydrogens (tertiary/aromatic N) is 5. The molecule has 0 radical (unpaired) electrons. The largest absolute Gasteiger partial charge is 0.387 e. The molecule has 4 heterocycles. The van der Waals surface area contributed by atoms with Crippen LogP contribution in [0, 0.1) is 18.3 Å². The van der Waals surface area contributed by atoms with Crippen LogP contribution >= 0.6 is 11.8 Å². The van der Waals surface area contributed by atoms with Crippen LogP contribution in [0.4, 0.5) is 5.82 Å². The number of nitrogen functional groups attached to an aromatic ring is 1. The third-order valence-corrected chi connectivity index (χ3v) is 8.18. The van der Waals surface area contributed by atoms with Crippen molar-refractivity contribution in [1.29, 1.82) is 5.26 Å². The number of benzene rings is 2. The summed E-state index contributed by atoms with van der Waals surface area (Å²) in [5.74, 6) is 2.04. The monoisotopic (exact) mass is 554 g/mol. The SMILES string of the molecule is Cc1noc(-c2ccccc2)c1CSC[C@H]1O[C@@H](n2cc(-c3ccc(C#N)cc3)c3c(N)ncnc32)[C@H](O)[C@@H]1O. The zero-order valence-corrected chi connectivity index (χ0v) is 22.3. The topological polar surface area (TPSA) is 156 Å². The first-order chi connectivity index (χ1) is 19.5. The van der Waals surface area contributed by atoms with Gasteiger partial charge >= 0.3 is 0 Å². The molecular weight excluding hydrogens is 528 g/mol. The summed E-state index contributed by atoms with van der Waals surface area (Å²) in [5, 5.41) is 35.9. The van der Waals surface area contributed by atoms with E-state index in [4.69, 9.17) is 20.3 Å². The zero-order valence-electron chi connectivity index (χ0n) is 21.5. The molecule has 4 N–H and O–H groups in total. The van der Waals surface area contributed by atoms with Crippen LogP contribution in [0.15, 0.2) is 71.6 Å². The number of fused-ring (bicyclic) bond motifs is 1. The first-order valence-electron chi connectivity index (χ1n) is 12.7. The molecule has 6 rings (SSSR count). The van der Waals surface area contributed by atoms with Crippen molar-refractivity contribution in [3.63, 3.8) is 0 Å². The number of aryl methyl sites for hydroxylation is 1. The van der Waals surface area contributed by atoms with Gasteiger partial charge in [0.05, 0.1) is 28.8 Å². The van der Waals surface area contributed by atoms with Gasteiger partial charge in [0.15, 0.2) is 12.0 Å². The van der Waals surface area contributed by atoms with Crippen LogP contribution in [0.1, 0.15) is 23.0 Å². The minimum absolute atomic E-state index is 0.279. The lowest BCUT2D eigenvalue weighted by molar-refractivity contribution is -0.0285. The summed E-state index contributed by atoms with van der Waals surface area (Å²) >= 11 is 1.57. The first kappa shape index (κ1) is 26.0. The number of aliphatic hydroxyl groups is 2. The number of anilines is 1.